The van der Waals surface area contributed by atoms with Crippen LogP contribution in [0.3, 0.4) is 0 Å². The first-order chi connectivity index (χ1) is 8.65. The number of amides is 1. The number of carbonyl (C=O) groups excluding carboxylic acids is 1. The number of nitrogens with two attached hydrogens (primary N) is 1. The molecule has 1 aliphatic rings. The Morgan fingerprint density at radius 3 is 2.72 bits per heavy atom. The predicted molar refractivity (Wildman–Crippen MR) is 73.2 cm³/mol. The molecule has 1 amide bonds. The standard InChI is InChI=1S/C14H28N2O2/c1-12(2)13(6-7-15)4-5-14(17)16-8-3-10-18-11-9-16/h12-13H,3-11,15H2,1-2H3. The van der Waals surface area contributed by atoms with E-state index in [1.807, 2.05) is 4.90 Å². The number of hydrogen-bond donors (Lipinski definition) is 1. The van der Waals surface area contributed by atoms with Crippen LogP contribution in [-0.2, 0) is 9.53 Å². The quantitative estimate of drug-likeness (QED) is 0.786. The Bertz CT molecular complexity index is 236. The third kappa shape index (κ3) is 5.36. The van der Waals surface area contributed by atoms with Gasteiger partial charge in [0.1, 0.15) is 0 Å². The molecule has 1 fully saturated rings. The molecule has 1 atom stereocenters. The summed E-state index contributed by atoms with van der Waals surface area (Å²) in [5, 5.41) is 0. The highest BCUT2D eigenvalue weighted by atomic mass is 16.5. The summed E-state index contributed by atoms with van der Waals surface area (Å²) in [6, 6.07) is 0. The zero-order valence-corrected chi connectivity index (χ0v) is 11.9. The van der Waals surface area contributed by atoms with E-state index >= 15 is 0 Å². The molecule has 0 aromatic heterocycles. The summed E-state index contributed by atoms with van der Waals surface area (Å²) in [6.07, 6.45) is 3.60. The lowest BCUT2D eigenvalue weighted by Crippen LogP contribution is -2.33. The van der Waals surface area contributed by atoms with Crippen LogP contribution in [0, 0.1) is 11.8 Å². The molecule has 1 aliphatic heterocycles. The molecule has 1 unspecified atom stereocenters. The second-order valence-electron chi connectivity index (χ2n) is 5.47. The zero-order chi connectivity index (χ0) is 13.4. The third-order valence-corrected chi connectivity index (χ3v) is 3.78. The van der Waals surface area contributed by atoms with Crippen molar-refractivity contribution >= 4 is 5.91 Å². The summed E-state index contributed by atoms with van der Waals surface area (Å²) in [5.41, 5.74) is 5.63. The van der Waals surface area contributed by atoms with Crippen molar-refractivity contribution in [3.63, 3.8) is 0 Å². The number of carbonyl (C=O) groups is 1. The van der Waals surface area contributed by atoms with Crippen molar-refractivity contribution in [2.45, 2.75) is 39.5 Å². The minimum absolute atomic E-state index is 0.281. The van der Waals surface area contributed by atoms with Crippen LogP contribution < -0.4 is 5.73 Å². The van der Waals surface area contributed by atoms with E-state index in [9.17, 15) is 4.79 Å². The average Bonchev–Trinajstić information content (AvgIpc) is 2.62. The van der Waals surface area contributed by atoms with E-state index in [0.717, 1.165) is 39.0 Å². The molecule has 4 heteroatoms. The van der Waals surface area contributed by atoms with Gasteiger partial charge in [-0.2, -0.15) is 0 Å². The van der Waals surface area contributed by atoms with Crippen molar-refractivity contribution in [2.24, 2.45) is 17.6 Å². The van der Waals surface area contributed by atoms with Crippen molar-refractivity contribution in [1.29, 1.82) is 0 Å². The van der Waals surface area contributed by atoms with Gasteiger partial charge in [-0.25, -0.2) is 0 Å². The largest absolute Gasteiger partial charge is 0.380 e. The maximum absolute atomic E-state index is 12.1. The molecule has 2 N–H and O–H groups in total. The number of hydrogen-bond acceptors (Lipinski definition) is 3. The van der Waals surface area contributed by atoms with Crippen LogP contribution in [0.15, 0.2) is 0 Å². The molecule has 0 saturated carbocycles. The van der Waals surface area contributed by atoms with Gasteiger partial charge >= 0.3 is 0 Å². The summed E-state index contributed by atoms with van der Waals surface area (Å²) >= 11 is 0. The van der Waals surface area contributed by atoms with Crippen molar-refractivity contribution in [2.75, 3.05) is 32.8 Å². The van der Waals surface area contributed by atoms with Gasteiger partial charge in [-0.15, -0.1) is 0 Å². The highest BCUT2D eigenvalue weighted by molar-refractivity contribution is 5.76. The molecule has 1 heterocycles. The topological polar surface area (TPSA) is 55.6 Å². The van der Waals surface area contributed by atoms with Crippen LogP contribution in [0.5, 0.6) is 0 Å². The first kappa shape index (κ1) is 15.4. The SMILES string of the molecule is CC(C)C(CCN)CCC(=O)N1CCCOCC1. The van der Waals surface area contributed by atoms with Crippen molar-refractivity contribution in [3.8, 4) is 0 Å². The van der Waals surface area contributed by atoms with Crippen LogP contribution in [0.2, 0.25) is 0 Å². The Kier molecular flexibility index (Phi) is 7.28. The molecule has 0 radical (unpaired) electrons. The Hall–Kier alpha value is -0.610. The lowest BCUT2D eigenvalue weighted by molar-refractivity contribution is -0.131. The van der Waals surface area contributed by atoms with E-state index in [1.165, 1.54) is 0 Å². The zero-order valence-electron chi connectivity index (χ0n) is 11.9. The van der Waals surface area contributed by atoms with Crippen molar-refractivity contribution in [3.05, 3.63) is 0 Å². The van der Waals surface area contributed by atoms with Crippen LogP contribution in [0.4, 0.5) is 0 Å². The minimum atomic E-state index is 0.281. The number of nitrogens with zero attached hydrogens (tertiary/aromatic N) is 1. The fourth-order valence-corrected chi connectivity index (χ4v) is 2.49. The maximum Gasteiger partial charge on any atom is 0.222 e. The highest BCUT2D eigenvalue weighted by Crippen LogP contribution is 2.21. The van der Waals surface area contributed by atoms with Crippen LogP contribution in [-0.4, -0.2) is 43.7 Å². The van der Waals surface area contributed by atoms with Gasteiger partial charge in [0.05, 0.1) is 6.61 Å². The summed E-state index contributed by atoms with van der Waals surface area (Å²) < 4.78 is 5.37. The Morgan fingerprint density at radius 1 is 1.28 bits per heavy atom. The molecule has 0 bridgehead atoms. The van der Waals surface area contributed by atoms with Gasteiger partial charge in [0, 0.05) is 26.1 Å². The van der Waals surface area contributed by atoms with E-state index in [2.05, 4.69) is 13.8 Å². The van der Waals surface area contributed by atoms with E-state index < -0.39 is 0 Å². The number of ether oxygens (including phenoxy) is 1. The molecule has 1 rings (SSSR count). The molecular formula is C14H28N2O2. The first-order valence-electron chi connectivity index (χ1n) is 7.20. The molecule has 0 spiro atoms. The first-order valence-corrected chi connectivity index (χ1v) is 7.20. The van der Waals surface area contributed by atoms with Crippen molar-refractivity contribution < 1.29 is 9.53 Å². The van der Waals surface area contributed by atoms with Gasteiger partial charge in [-0.05, 0) is 37.6 Å². The molecule has 0 aromatic rings. The molecule has 106 valence electrons. The average molecular weight is 256 g/mol. The molecule has 1 saturated heterocycles. The molecular weight excluding hydrogens is 228 g/mol. The van der Waals surface area contributed by atoms with Gasteiger partial charge in [0.25, 0.3) is 0 Å². The van der Waals surface area contributed by atoms with Crippen LogP contribution >= 0.6 is 0 Å². The van der Waals surface area contributed by atoms with Crippen LogP contribution in [0.1, 0.15) is 39.5 Å². The van der Waals surface area contributed by atoms with Crippen LogP contribution in [0.25, 0.3) is 0 Å². The Balaban J connectivity index is 2.33. The fourth-order valence-electron chi connectivity index (χ4n) is 2.49. The van der Waals surface area contributed by atoms with Gasteiger partial charge in [0.15, 0.2) is 0 Å². The van der Waals surface area contributed by atoms with Crippen molar-refractivity contribution in [1.82, 2.24) is 4.90 Å². The maximum atomic E-state index is 12.1. The smallest absolute Gasteiger partial charge is 0.222 e. The van der Waals surface area contributed by atoms with Gasteiger partial charge < -0.3 is 15.4 Å². The predicted octanol–water partition coefficient (Wildman–Crippen LogP) is 1.64. The molecule has 0 aromatic carbocycles. The van der Waals surface area contributed by atoms with Gasteiger partial charge in [-0.3, -0.25) is 4.79 Å². The lowest BCUT2D eigenvalue weighted by atomic mass is 9.88. The summed E-state index contributed by atoms with van der Waals surface area (Å²) in [6.45, 7) is 8.21. The van der Waals surface area contributed by atoms with Gasteiger partial charge in [0.2, 0.25) is 5.91 Å². The molecule has 0 aliphatic carbocycles. The monoisotopic (exact) mass is 256 g/mol. The highest BCUT2D eigenvalue weighted by Gasteiger charge is 2.19. The van der Waals surface area contributed by atoms with E-state index in [1.54, 1.807) is 0 Å². The second kappa shape index (κ2) is 8.48. The van der Waals surface area contributed by atoms with E-state index in [4.69, 9.17) is 10.5 Å². The Labute approximate surface area is 111 Å². The minimum Gasteiger partial charge on any atom is -0.380 e. The van der Waals surface area contributed by atoms with E-state index in [-0.39, 0.29) is 5.91 Å². The third-order valence-electron chi connectivity index (χ3n) is 3.78. The second-order valence-corrected chi connectivity index (χ2v) is 5.47. The van der Waals surface area contributed by atoms with E-state index in [0.29, 0.717) is 31.4 Å². The lowest BCUT2D eigenvalue weighted by Gasteiger charge is -2.23. The summed E-state index contributed by atoms with van der Waals surface area (Å²) in [4.78, 5) is 14.1. The van der Waals surface area contributed by atoms with Gasteiger partial charge in [-0.1, -0.05) is 13.8 Å². The molecule has 4 nitrogen and oxygen atoms in total. The fraction of sp³-hybridized carbons (Fsp3) is 0.929. The number of rotatable bonds is 6. The summed E-state index contributed by atoms with van der Waals surface area (Å²) in [5.74, 6) is 1.46. The normalized spacial score (nSPS) is 18.8. The molecule has 18 heavy (non-hydrogen) atoms. The summed E-state index contributed by atoms with van der Waals surface area (Å²) in [7, 11) is 0. The Morgan fingerprint density at radius 2 is 2.06 bits per heavy atom.